The molecule has 1 aromatic carbocycles. The summed E-state index contributed by atoms with van der Waals surface area (Å²) in [6.45, 7) is 5.53. The molecule has 0 bridgehead atoms. The largest absolute Gasteiger partial charge is 0.380 e. The maximum atomic E-state index is 12.5. The second-order valence-electron chi connectivity index (χ2n) is 6.68. The SMILES string of the molecule is COCc1cccc(CNC(=O)N[C@@H](C)C(=O)N2CCCC[C@H]2C)c1. The van der Waals surface area contributed by atoms with Crippen molar-refractivity contribution in [1.29, 1.82) is 0 Å². The summed E-state index contributed by atoms with van der Waals surface area (Å²) < 4.78 is 5.11. The van der Waals surface area contributed by atoms with Gasteiger partial charge in [-0.2, -0.15) is 0 Å². The highest BCUT2D eigenvalue weighted by Crippen LogP contribution is 2.17. The summed E-state index contributed by atoms with van der Waals surface area (Å²) >= 11 is 0. The number of nitrogens with one attached hydrogen (secondary N) is 2. The Morgan fingerprint density at radius 3 is 2.80 bits per heavy atom. The van der Waals surface area contributed by atoms with Crippen molar-refractivity contribution in [3.05, 3.63) is 35.4 Å². The Morgan fingerprint density at radius 1 is 1.32 bits per heavy atom. The minimum atomic E-state index is -0.527. The van der Waals surface area contributed by atoms with Gasteiger partial charge < -0.3 is 20.3 Å². The highest BCUT2D eigenvalue weighted by Gasteiger charge is 2.27. The van der Waals surface area contributed by atoms with E-state index in [4.69, 9.17) is 4.74 Å². The van der Waals surface area contributed by atoms with Crippen molar-refractivity contribution in [2.24, 2.45) is 0 Å². The average molecular weight is 347 g/mol. The van der Waals surface area contributed by atoms with Crippen molar-refractivity contribution in [1.82, 2.24) is 15.5 Å². The molecule has 6 nitrogen and oxygen atoms in total. The standard InChI is InChI=1S/C19H29N3O3/c1-14-7-4-5-10-22(14)18(23)15(2)21-19(24)20-12-16-8-6-9-17(11-16)13-25-3/h6,8-9,11,14-15H,4-5,7,10,12-13H2,1-3H3,(H2,20,21,24)/t14-,15+/m1/s1. The fourth-order valence-electron chi connectivity index (χ4n) is 3.16. The number of hydrogen-bond donors (Lipinski definition) is 2. The van der Waals surface area contributed by atoms with Crippen LogP contribution in [0.5, 0.6) is 0 Å². The predicted octanol–water partition coefficient (Wildman–Crippen LogP) is 2.42. The van der Waals surface area contributed by atoms with E-state index >= 15 is 0 Å². The van der Waals surface area contributed by atoms with Crippen molar-refractivity contribution in [2.75, 3.05) is 13.7 Å². The first-order valence-electron chi connectivity index (χ1n) is 8.93. The van der Waals surface area contributed by atoms with E-state index in [1.54, 1.807) is 14.0 Å². The lowest BCUT2D eigenvalue weighted by molar-refractivity contribution is -0.136. The molecule has 1 fully saturated rings. The predicted molar refractivity (Wildman–Crippen MR) is 97.0 cm³/mol. The molecule has 1 heterocycles. The Balaban J connectivity index is 1.81. The second-order valence-corrected chi connectivity index (χ2v) is 6.68. The van der Waals surface area contributed by atoms with Gasteiger partial charge in [0.25, 0.3) is 0 Å². The van der Waals surface area contributed by atoms with Gasteiger partial charge in [-0.05, 0) is 44.2 Å². The molecule has 6 heteroatoms. The van der Waals surface area contributed by atoms with Crippen LogP contribution in [0, 0.1) is 0 Å². The fourth-order valence-corrected chi connectivity index (χ4v) is 3.16. The quantitative estimate of drug-likeness (QED) is 0.830. The molecule has 3 amide bonds. The van der Waals surface area contributed by atoms with Crippen molar-refractivity contribution >= 4 is 11.9 Å². The van der Waals surface area contributed by atoms with Gasteiger partial charge in [-0.1, -0.05) is 24.3 Å². The highest BCUT2D eigenvalue weighted by atomic mass is 16.5. The maximum absolute atomic E-state index is 12.5. The summed E-state index contributed by atoms with van der Waals surface area (Å²) in [5.41, 5.74) is 2.05. The number of nitrogens with zero attached hydrogens (tertiary/aromatic N) is 1. The summed E-state index contributed by atoms with van der Waals surface area (Å²) in [7, 11) is 1.65. The van der Waals surface area contributed by atoms with Crippen LogP contribution in [0.2, 0.25) is 0 Å². The lowest BCUT2D eigenvalue weighted by Gasteiger charge is -2.35. The highest BCUT2D eigenvalue weighted by molar-refractivity contribution is 5.87. The molecule has 0 aliphatic carbocycles. The third kappa shape index (κ3) is 5.74. The van der Waals surface area contributed by atoms with Gasteiger partial charge in [0.2, 0.25) is 5.91 Å². The fraction of sp³-hybridized carbons (Fsp3) is 0.579. The summed E-state index contributed by atoms with van der Waals surface area (Å²) in [6.07, 6.45) is 3.23. The van der Waals surface area contributed by atoms with Crippen molar-refractivity contribution in [2.45, 2.75) is 58.3 Å². The second kappa shape index (κ2) is 9.42. The smallest absolute Gasteiger partial charge is 0.315 e. The molecule has 138 valence electrons. The molecule has 1 aliphatic rings. The average Bonchev–Trinajstić information content (AvgIpc) is 2.60. The van der Waals surface area contributed by atoms with E-state index in [1.807, 2.05) is 29.2 Å². The Labute approximate surface area is 149 Å². The zero-order valence-corrected chi connectivity index (χ0v) is 15.4. The van der Waals surface area contributed by atoms with Crippen LogP contribution in [0.4, 0.5) is 4.79 Å². The molecule has 0 spiro atoms. The van der Waals surface area contributed by atoms with Crippen LogP contribution in [-0.4, -0.2) is 42.6 Å². The van der Waals surface area contributed by atoms with Gasteiger partial charge in [0, 0.05) is 26.2 Å². The van der Waals surface area contributed by atoms with Crippen LogP contribution in [0.1, 0.15) is 44.2 Å². The van der Waals surface area contributed by atoms with Gasteiger partial charge in [-0.15, -0.1) is 0 Å². The van der Waals surface area contributed by atoms with E-state index in [0.717, 1.165) is 36.9 Å². The van der Waals surface area contributed by atoms with E-state index in [0.29, 0.717) is 13.2 Å². The lowest BCUT2D eigenvalue weighted by Crippen LogP contribution is -2.53. The van der Waals surface area contributed by atoms with Crippen LogP contribution in [0.25, 0.3) is 0 Å². The number of piperidine rings is 1. The Bertz CT molecular complexity index is 591. The summed E-state index contributed by atoms with van der Waals surface area (Å²) in [5.74, 6) is -0.00978. The molecule has 2 atom stereocenters. The molecule has 0 unspecified atom stereocenters. The zero-order chi connectivity index (χ0) is 18.2. The molecular weight excluding hydrogens is 318 g/mol. The molecule has 0 radical (unpaired) electrons. The number of benzene rings is 1. The number of carbonyl (C=O) groups is 2. The molecule has 0 saturated carbocycles. The van der Waals surface area contributed by atoms with Gasteiger partial charge in [-0.3, -0.25) is 4.79 Å². The summed E-state index contributed by atoms with van der Waals surface area (Å²) in [5, 5.41) is 5.55. The van der Waals surface area contributed by atoms with E-state index < -0.39 is 6.04 Å². The lowest BCUT2D eigenvalue weighted by atomic mass is 10.0. The minimum Gasteiger partial charge on any atom is -0.380 e. The van der Waals surface area contributed by atoms with E-state index in [-0.39, 0.29) is 18.0 Å². The van der Waals surface area contributed by atoms with E-state index in [1.165, 1.54) is 0 Å². The molecule has 0 aromatic heterocycles. The van der Waals surface area contributed by atoms with Gasteiger partial charge in [0.05, 0.1) is 6.61 Å². The molecule has 1 saturated heterocycles. The van der Waals surface area contributed by atoms with Gasteiger partial charge in [0.1, 0.15) is 6.04 Å². The number of rotatable bonds is 6. The van der Waals surface area contributed by atoms with Gasteiger partial charge in [0.15, 0.2) is 0 Å². The van der Waals surface area contributed by atoms with E-state index in [2.05, 4.69) is 17.6 Å². The number of ether oxygens (including phenoxy) is 1. The number of amides is 3. The summed E-state index contributed by atoms with van der Waals surface area (Å²) in [6, 6.07) is 7.25. The number of urea groups is 1. The van der Waals surface area contributed by atoms with Crippen molar-refractivity contribution < 1.29 is 14.3 Å². The van der Waals surface area contributed by atoms with E-state index in [9.17, 15) is 9.59 Å². The first kappa shape index (κ1) is 19.2. The normalized spacial score (nSPS) is 18.5. The zero-order valence-electron chi connectivity index (χ0n) is 15.4. The van der Waals surface area contributed by atoms with Gasteiger partial charge >= 0.3 is 6.03 Å². The maximum Gasteiger partial charge on any atom is 0.315 e. The van der Waals surface area contributed by atoms with Crippen LogP contribution >= 0.6 is 0 Å². The molecule has 2 N–H and O–H groups in total. The molecule has 1 aliphatic heterocycles. The first-order valence-corrected chi connectivity index (χ1v) is 8.93. The molecule has 2 rings (SSSR count). The van der Waals surface area contributed by atoms with Crippen molar-refractivity contribution in [3.63, 3.8) is 0 Å². The monoisotopic (exact) mass is 347 g/mol. The Morgan fingerprint density at radius 2 is 2.08 bits per heavy atom. The topological polar surface area (TPSA) is 70.7 Å². The Hall–Kier alpha value is -2.08. The van der Waals surface area contributed by atoms with Gasteiger partial charge in [-0.25, -0.2) is 4.79 Å². The number of methoxy groups -OCH3 is 1. The van der Waals surface area contributed by atoms with Crippen molar-refractivity contribution in [3.8, 4) is 0 Å². The molecule has 25 heavy (non-hydrogen) atoms. The summed E-state index contributed by atoms with van der Waals surface area (Å²) in [4.78, 5) is 26.5. The van der Waals surface area contributed by atoms with Crippen LogP contribution in [-0.2, 0) is 22.7 Å². The number of likely N-dealkylation sites (tertiary alicyclic amines) is 1. The molecular formula is C19H29N3O3. The van der Waals surface area contributed by atoms with Crippen LogP contribution < -0.4 is 10.6 Å². The third-order valence-corrected chi connectivity index (χ3v) is 4.56. The third-order valence-electron chi connectivity index (χ3n) is 4.56. The Kier molecular flexibility index (Phi) is 7.25. The minimum absolute atomic E-state index is 0.00978. The molecule has 1 aromatic rings. The van der Waals surface area contributed by atoms with Crippen LogP contribution in [0.3, 0.4) is 0 Å². The van der Waals surface area contributed by atoms with Crippen LogP contribution in [0.15, 0.2) is 24.3 Å². The number of carbonyl (C=O) groups excluding carboxylic acids is 2. The first-order chi connectivity index (χ1) is 12.0. The number of hydrogen-bond acceptors (Lipinski definition) is 3.